The number of rotatable bonds is 6. The van der Waals surface area contributed by atoms with Gasteiger partial charge in [-0.05, 0) is 68.5 Å². The molecule has 2 aliphatic rings. The van der Waals surface area contributed by atoms with Crippen LogP contribution in [-0.4, -0.2) is 52.0 Å². The smallest absolute Gasteiger partial charge is 0.273 e. The van der Waals surface area contributed by atoms with Crippen molar-refractivity contribution < 1.29 is 19.4 Å². The number of hydrogen-bond donors (Lipinski definition) is 2. The topological polar surface area (TPSA) is 87.7 Å². The molecule has 1 amide bonds. The van der Waals surface area contributed by atoms with Crippen molar-refractivity contribution in [2.24, 2.45) is 0 Å². The van der Waals surface area contributed by atoms with Gasteiger partial charge in [-0.15, -0.1) is 0 Å². The highest BCUT2D eigenvalue weighted by atomic mass is 16.5. The number of aromatic hydroxyl groups is 1. The summed E-state index contributed by atoms with van der Waals surface area (Å²) in [5.74, 6) is 0.816. The number of benzene rings is 2. The number of carbonyl (C=O) groups excluding carboxylic acids is 1. The molecular formula is C26H29N3O4. The number of nitrogens with zero attached hydrogens (tertiary/aromatic N) is 2. The summed E-state index contributed by atoms with van der Waals surface area (Å²) < 4.78 is 11.6. The number of H-pyrrole nitrogens is 1. The van der Waals surface area contributed by atoms with E-state index in [9.17, 15) is 9.90 Å². The molecule has 7 heteroatoms. The Morgan fingerprint density at radius 2 is 2.12 bits per heavy atom. The zero-order valence-corrected chi connectivity index (χ0v) is 19.2. The molecule has 0 bridgehead atoms. The molecular weight excluding hydrogens is 418 g/mol. The van der Waals surface area contributed by atoms with E-state index in [1.807, 2.05) is 56.0 Å². The SMILES string of the molecule is CCOc1cccc(C2c3c(-c4c(C)cc(C)cc4O)n[nH]c3C(=O)N2CC2CCCO2)c1. The van der Waals surface area contributed by atoms with E-state index in [0.29, 0.717) is 30.1 Å². The first-order chi connectivity index (χ1) is 16.0. The summed E-state index contributed by atoms with van der Waals surface area (Å²) >= 11 is 0. The lowest BCUT2D eigenvalue weighted by molar-refractivity contribution is 0.0495. The number of phenolic OH excluding ortho intramolecular Hbond substituents is 1. The van der Waals surface area contributed by atoms with Gasteiger partial charge in [0.05, 0.1) is 18.8 Å². The van der Waals surface area contributed by atoms with E-state index in [-0.39, 0.29) is 23.8 Å². The molecule has 0 saturated carbocycles. The van der Waals surface area contributed by atoms with Gasteiger partial charge in [-0.2, -0.15) is 5.10 Å². The van der Waals surface area contributed by atoms with Crippen LogP contribution in [-0.2, 0) is 4.74 Å². The summed E-state index contributed by atoms with van der Waals surface area (Å²) in [6, 6.07) is 11.2. The van der Waals surface area contributed by atoms with Crippen LogP contribution in [0, 0.1) is 13.8 Å². The van der Waals surface area contributed by atoms with Crippen LogP contribution in [0.2, 0.25) is 0 Å². The van der Waals surface area contributed by atoms with Crippen LogP contribution in [0.3, 0.4) is 0 Å². The standard InChI is InChI=1S/C26H29N3O4/c1-4-32-18-8-5-7-17(13-18)25-22-23(21-16(3)11-15(2)12-20(21)30)27-28-24(22)26(31)29(25)14-19-9-6-10-33-19/h5,7-8,11-13,19,25,30H,4,6,9-10,14H2,1-3H3,(H,27,28). The van der Waals surface area contributed by atoms with E-state index in [1.54, 1.807) is 6.07 Å². The predicted molar refractivity (Wildman–Crippen MR) is 125 cm³/mol. The molecule has 0 spiro atoms. The van der Waals surface area contributed by atoms with Crippen LogP contribution in [0.15, 0.2) is 36.4 Å². The van der Waals surface area contributed by atoms with Crippen LogP contribution in [0.4, 0.5) is 0 Å². The van der Waals surface area contributed by atoms with Crippen LogP contribution in [0.1, 0.15) is 58.5 Å². The largest absolute Gasteiger partial charge is 0.507 e. The second-order valence-electron chi connectivity index (χ2n) is 8.84. The lowest BCUT2D eigenvalue weighted by Gasteiger charge is -2.29. The first-order valence-electron chi connectivity index (χ1n) is 11.5. The first-order valence-corrected chi connectivity index (χ1v) is 11.5. The number of amides is 1. The highest BCUT2D eigenvalue weighted by Crippen LogP contribution is 2.46. The fraction of sp³-hybridized carbons (Fsp3) is 0.385. The fourth-order valence-corrected chi connectivity index (χ4v) is 5.12. The molecule has 1 saturated heterocycles. The minimum Gasteiger partial charge on any atom is -0.507 e. The zero-order valence-electron chi connectivity index (χ0n) is 19.2. The molecule has 1 fully saturated rings. The summed E-state index contributed by atoms with van der Waals surface area (Å²) in [7, 11) is 0. The van der Waals surface area contributed by atoms with Gasteiger partial charge >= 0.3 is 0 Å². The minimum atomic E-state index is -0.356. The number of aromatic nitrogens is 2. The fourth-order valence-electron chi connectivity index (χ4n) is 5.12. The van der Waals surface area contributed by atoms with Gasteiger partial charge in [-0.25, -0.2) is 0 Å². The average molecular weight is 448 g/mol. The molecule has 2 aromatic carbocycles. The van der Waals surface area contributed by atoms with Gasteiger partial charge in [-0.1, -0.05) is 18.2 Å². The van der Waals surface area contributed by atoms with Gasteiger partial charge < -0.3 is 19.5 Å². The van der Waals surface area contributed by atoms with Crippen LogP contribution in [0.5, 0.6) is 11.5 Å². The molecule has 33 heavy (non-hydrogen) atoms. The Balaban J connectivity index is 1.66. The quantitative estimate of drug-likeness (QED) is 0.580. The van der Waals surface area contributed by atoms with Crippen molar-refractivity contribution in [3.8, 4) is 22.8 Å². The second kappa shape index (κ2) is 8.56. The molecule has 3 aromatic rings. The van der Waals surface area contributed by atoms with Gasteiger partial charge in [-0.3, -0.25) is 9.89 Å². The van der Waals surface area contributed by atoms with Crippen molar-refractivity contribution >= 4 is 5.91 Å². The highest BCUT2D eigenvalue weighted by Gasteiger charge is 2.44. The van der Waals surface area contributed by atoms with Gasteiger partial charge in [0.1, 0.15) is 22.9 Å². The first kappa shape index (κ1) is 21.5. The summed E-state index contributed by atoms with van der Waals surface area (Å²) in [6.07, 6.45) is 1.96. The van der Waals surface area contributed by atoms with Crippen molar-refractivity contribution in [2.75, 3.05) is 19.8 Å². The molecule has 2 unspecified atom stereocenters. The van der Waals surface area contributed by atoms with Crippen molar-refractivity contribution in [1.29, 1.82) is 0 Å². The Labute approximate surface area is 193 Å². The number of phenols is 1. The summed E-state index contributed by atoms with van der Waals surface area (Å²) in [4.78, 5) is 15.4. The Morgan fingerprint density at radius 1 is 1.27 bits per heavy atom. The van der Waals surface area contributed by atoms with Crippen molar-refractivity contribution in [3.05, 3.63) is 64.3 Å². The molecule has 5 rings (SSSR count). The normalized spacial score (nSPS) is 19.8. The number of fused-ring (bicyclic) bond motifs is 1. The highest BCUT2D eigenvalue weighted by molar-refractivity contribution is 6.00. The summed E-state index contributed by atoms with van der Waals surface area (Å²) in [6.45, 7) is 7.64. The van der Waals surface area contributed by atoms with E-state index in [4.69, 9.17) is 9.47 Å². The van der Waals surface area contributed by atoms with E-state index in [2.05, 4.69) is 10.2 Å². The maximum Gasteiger partial charge on any atom is 0.273 e. The molecule has 0 aliphatic carbocycles. The Hall–Kier alpha value is -3.32. The summed E-state index contributed by atoms with van der Waals surface area (Å²) in [5, 5.41) is 18.3. The van der Waals surface area contributed by atoms with Gasteiger partial charge in [0, 0.05) is 24.3 Å². The molecule has 7 nitrogen and oxygen atoms in total. The molecule has 1 aromatic heterocycles. The van der Waals surface area contributed by atoms with Gasteiger partial charge in [0.15, 0.2) is 0 Å². The lowest BCUT2D eigenvalue weighted by atomic mass is 9.93. The third kappa shape index (κ3) is 3.76. The van der Waals surface area contributed by atoms with E-state index in [0.717, 1.165) is 47.5 Å². The third-order valence-electron chi connectivity index (χ3n) is 6.47. The van der Waals surface area contributed by atoms with E-state index < -0.39 is 0 Å². The number of hydrogen-bond acceptors (Lipinski definition) is 5. The van der Waals surface area contributed by atoms with E-state index in [1.165, 1.54) is 0 Å². The molecule has 2 N–H and O–H groups in total. The Bertz CT molecular complexity index is 1170. The third-order valence-corrected chi connectivity index (χ3v) is 6.47. The molecule has 2 atom stereocenters. The van der Waals surface area contributed by atoms with Crippen molar-refractivity contribution in [2.45, 2.75) is 45.8 Å². The average Bonchev–Trinajstić information content (AvgIpc) is 3.48. The van der Waals surface area contributed by atoms with Gasteiger partial charge in [0.25, 0.3) is 5.91 Å². The van der Waals surface area contributed by atoms with Gasteiger partial charge in [0.2, 0.25) is 0 Å². The number of aromatic amines is 1. The summed E-state index contributed by atoms with van der Waals surface area (Å²) in [5.41, 5.74) is 5.33. The number of carbonyl (C=O) groups is 1. The van der Waals surface area contributed by atoms with Crippen LogP contribution < -0.4 is 4.74 Å². The zero-order chi connectivity index (χ0) is 23.1. The maximum atomic E-state index is 13.6. The lowest BCUT2D eigenvalue weighted by Crippen LogP contribution is -2.36. The van der Waals surface area contributed by atoms with Crippen LogP contribution >= 0.6 is 0 Å². The van der Waals surface area contributed by atoms with Crippen LogP contribution in [0.25, 0.3) is 11.3 Å². The molecule has 3 heterocycles. The minimum absolute atomic E-state index is 0.0152. The van der Waals surface area contributed by atoms with Crippen molar-refractivity contribution in [1.82, 2.24) is 15.1 Å². The number of aryl methyl sites for hydroxylation is 2. The Morgan fingerprint density at radius 3 is 2.85 bits per heavy atom. The molecule has 2 aliphatic heterocycles. The number of nitrogens with one attached hydrogen (secondary N) is 1. The predicted octanol–water partition coefficient (Wildman–Crippen LogP) is 4.52. The number of ether oxygens (including phenoxy) is 2. The molecule has 0 radical (unpaired) electrons. The molecule has 172 valence electrons. The maximum absolute atomic E-state index is 13.6. The second-order valence-corrected chi connectivity index (χ2v) is 8.84. The Kier molecular flexibility index (Phi) is 5.58. The monoisotopic (exact) mass is 447 g/mol. The van der Waals surface area contributed by atoms with E-state index >= 15 is 0 Å². The van der Waals surface area contributed by atoms with Crippen molar-refractivity contribution in [3.63, 3.8) is 0 Å².